The maximum absolute atomic E-state index is 11.9. The molecule has 23 heavy (non-hydrogen) atoms. The van der Waals surface area contributed by atoms with Crippen LogP contribution in [0.3, 0.4) is 0 Å². The lowest BCUT2D eigenvalue weighted by molar-refractivity contribution is -0.143. The van der Waals surface area contributed by atoms with Crippen LogP contribution in [-0.4, -0.2) is 22.5 Å². The summed E-state index contributed by atoms with van der Waals surface area (Å²) in [4.78, 5) is 18.1. The molecule has 1 atom stereocenters. The summed E-state index contributed by atoms with van der Waals surface area (Å²) in [6.07, 6.45) is 14.0. The Morgan fingerprint density at radius 1 is 1.26 bits per heavy atom. The predicted octanol–water partition coefficient (Wildman–Crippen LogP) is 4.46. The van der Waals surface area contributed by atoms with Crippen LogP contribution < -0.4 is 0 Å². The summed E-state index contributed by atoms with van der Waals surface area (Å²) in [5.41, 5.74) is 2.44. The van der Waals surface area contributed by atoms with Crippen LogP contribution in [0.2, 0.25) is 0 Å². The Morgan fingerprint density at radius 2 is 2.09 bits per heavy atom. The first kappa shape index (κ1) is 16.5. The zero-order chi connectivity index (χ0) is 16.1. The first-order chi connectivity index (χ1) is 11.2. The molecule has 1 fully saturated rings. The smallest absolute Gasteiger partial charge is 0.306 e. The van der Waals surface area contributed by atoms with E-state index < -0.39 is 0 Å². The summed E-state index contributed by atoms with van der Waals surface area (Å²) in [7, 11) is 0. The Kier molecular flexibility index (Phi) is 5.70. The van der Waals surface area contributed by atoms with E-state index in [1.165, 1.54) is 43.4 Å². The highest BCUT2D eigenvalue weighted by Gasteiger charge is 2.21. The molecule has 1 saturated carbocycles. The predicted molar refractivity (Wildman–Crippen MR) is 92.6 cm³/mol. The maximum atomic E-state index is 11.9. The Labute approximate surface area is 142 Å². The summed E-state index contributed by atoms with van der Waals surface area (Å²) in [5.74, 6) is 1.15. The third-order valence-corrected chi connectivity index (χ3v) is 5.29. The number of nitrogens with one attached hydrogen (secondary N) is 2. The molecule has 5 heteroatoms. The standard InChI is InChI=1S/C18H26N2O2S/c21-17(10-13-4-1-2-5-13)22-12-15-7-3-6-14(8-15)9-16-11-19-18(23)20-16/h7,11,13-14H,1-6,8-10,12H2,(H2,19,20,23). The zero-order valence-electron chi connectivity index (χ0n) is 13.6. The van der Waals surface area contributed by atoms with Crippen molar-refractivity contribution in [3.63, 3.8) is 0 Å². The van der Waals surface area contributed by atoms with Crippen molar-refractivity contribution in [3.8, 4) is 0 Å². The quantitative estimate of drug-likeness (QED) is 0.458. The molecule has 0 bridgehead atoms. The number of aromatic amines is 2. The first-order valence-electron chi connectivity index (χ1n) is 8.79. The van der Waals surface area contributed by atoms with E-state index in [4.69, 9.17) is 17.0 Å². The van der Waals surface area contributed by atoms with Crippen LogP contribution in [0.5, 0.6) is 0 Å². The van der Waals surface area contributed by atoms with Crippen molar-refractivity contribution < 1.29 is 9.53 Å². The van der Waals surface area contributed by atoms with Crippen molar-refractivity contribution in [2.45, 2.75) is 57.8 Å². The molecule has 2 aliphatic carbocycles. The molecule has 0 saturated heterocycles. The van der Waals surface area contributed by atoms with Gasteiger partial charge in [-0.3, -0.25) is 4.79 Å². The van der Waals surface area contributed by atoms with E-state index in [9.17, 15) is 4.79 Å². The molecule has 0 spiro atoms. The fraction of sp³-hybridized carbons (Fsp3) is 0.667. The number of hydrogen-bond donors (Lipinski definition) is 2. The van der Waals surface area contributed by atoms with Crippen LogP contribution in [0.4, 0.5) is 0 Å². The van der Waals surface area contributed by atoms with Crippen molar-refractivity contribution in [1.29, 1.82) is 0 Å². The van der Waals surface area contributed by atoms with Gasteiger partial charge in [0.25, 0.3) is 0 Å². The zero-order valence-corrected chi connectivity index (χ0v) is 14.4. The first-order valence-corrected chi connectivity index (χ1v) is 9.20. The summed E-state index contributed by atoms with van der Waals surface area (Å²) < 4.78 is 6.20. The fourth-order valence-electron chi connectivity index (χ4n) is 3.85. The highest BCUT2D eigenvalue weighted by atomic mass is 32.1. The van der Waals surface area contributed by atoms with E-state index in [-0.39, 0.29) is 5.97 Å². The van der Waals surface area contributed by atoms with E-state index in [2.05, 4.69) is 16.0 Å². The van der Waals surface area contributed by atoms with E-state index in [1.807, 2.05) is 6.20 Å². The van der Waals surface area contributed by atoms with E-state index in [1.54, 1.807) is 0 Å². The number of H-pyrrole nitrogens is 2. The van der Waals surface area contributed by atoms with Crippen molar-refractivity contribution in [2.75, 3.05) is 6.61 Å². The van der Waals surface area contributed by atoms with Gasteiger partial charge in [0.05, 0.1) is 0 Å². The van der Waals surface area contributed by atoms with Gasteiger partial charge in [-0.1, -0.05) is 18.9 Å². The molecular weight excluding hydrogens is 308 g/mol. The average molecular weight is 334 g/mol. The Balaban J connectivity index is 1.42. The lowest BCUT2D eigenvalue weighted by Gasteiger charge is -2.22. The third-order valence-electron chi connectivity index (χ3n) is 5.07. The van der Waals surface area contributed by atoms with Gasteiger partial charge in [0, 0.05) is 18.3 Å². The number of carbonyl (C=O) groups excluding carboxylic acids is 1. The van der Waals surface area contributed by atoms with Gasteiger partial charge in [-0.25, -0.2) is 0 Å². The van der Waals surface area contributed by atoms with E-state index in [0.29, 0.717) is 29.6 Å². The van der Waals surface area contributed by atoms with Crippen molar-refractivity contribution in [3.05, 3.63) is 28.3 Å². The topological polar surface area (TPSA) is 57.9 Å². The summed E-state index contributed by atoms with van der Waals surface area (Å²) in [6.45, 7) is 0.477. The number of esters is 1. The van der Waals surface area contributed by atoms with Gasteiger partial charge in [-0.15, -0.1) is 0 Å². The molecule has 0 radical (unpaired) electrons. The molecule has 2 N–H and O–H groups in total. The van der Waals surface area contributed by atoms with Crippen molar-refractivity contribution >= 4 is 18.2 Å². The summed E-state index contributed by atoms with van der Waals surface area (Å²) in [5, 5.41) is 0. The molecular formula is C18H26N2O2S. The number of ether oxygens (including phenoxy) is 1. The molecule has 4 nitrogen and oxygen atoms in total. The number of imidazole rings is 1. The summed E-state index contributed by atoms with van der Waals surface area (Å²) in [6, 6.07) is 0. The molecule has 1 unspecified atom stereocenters. The van der Waals surface area contributed by atoms with Gasteiger partial charge >= 0.3 is 5.97 Å². The minimum Gasteiger partial charge on any atom is -0.461 e. The number of hydrogen-bond acceptors (Lipinski definition) is 3. The second kappa shape index (κ2) is 7.95. The van der Waals surface area contributed by atoms with Gasteiger partial charge in [0.15, 0.2) is 4.77 Å². The van der Waals surface area contributed by atoms with Crippen molar-refractivity contribution in [1.82, 2.24) is 9.97 Å². The van der Waals surface area contributed by atoms with Crippen molar-refractivity contribution in [2.24, 2.45) is 11.8 Å². The van der Waals surface area contributed by atoms with Gasteiger partial charge < -0.3 is 14.7 Å². The largest absolute Gasteiger partial charge is 0.461 e. The molecule has 0 amide bonds. The summed E-state index contributed by atoms with van der Waals surface area (Å²) >= 11 is 5.07. The molecule has 2 aliphatic rings. The average Bonchev–Trinajstić information content (AvgIpc) is 3.18. The maximum Gasteiger partial charge on any atom is 0.306 e. The van der Waals surface area contributed by atoms with Crippen LogP contribution in [0.15, 0.2) is 17.8 Å². The van der Waals surface area contributed by atoms with Crippen LogP contribution in [0.25, 0.3) is 0 Å². The highest BCUT2D eigenvalue weighted by Crippen LogP contribution is 2.29. The fourth-order valence-corrected chi connectivity index (χ4v) is 4.04. The normalized spacial score (nSPS) is 22.1. The minimum absolute atomic E-state index is 0.0189. The second-order valence-corrected chi connectivity index (χ2v) is 7.41. The van der Waals surface area contributed by atoms with Crippen LogP contribution in [-0.2, 0) is 16.0 Å². The number of rotatable bonds is 6. The molecule has 0 aromatic carbocycles. The number of allylic oxidation sites excluding steroid dienone is 1. The lowest BCUT2D eigenvalue weighted by atomic mass is 9.86. The van der Waals surface area contributed by atoms with Crippen LogP contribution in [0.1, 0.15) is 57.1 Å². The molecule has 1 aromatic heterocycles. The SMILES string of the molecule is O=C(CC1CCCC1)OCC1=CCCC(Cc2c[nH]c(=S)[nH]2)C1. The van der Waals surface area contributed by atoms with Gasteiger partial charge in [-0.2, -0.15) is 0 Å². The van der Waals surface area contributed by atoms with Crippen LogP contribution >= 0.6 is 12.2 Å². The number of carbonyl (C=O) groups is 1. The Hall–Kier alpha value is -1.36. The van der Waals surface area contributed by atoms with Crippen LogP contribution in [0, 0.1) is 16.6 Å². The highest BCUT2D eigenvalue weighted by molar-refractivity contribution is 7.71. The number of aromatic nitrogens is 2. The monoisotopic (exact) mass is 334 g/mol. The molecule has 1 aromatic rings. The van der Waals surface area contributed by atoms with Gasteiger partial charge in [0.1, 0.15) is 6.61 Å². The molecule has 3 rings (SSSR count). The molecule has 1 heterocycles. The van der Waals surface area contributed by atoms with Gasteiger partial charge in [0.2, 0.25) is 0 Å². The van der Waals surface area contributed by atoms with E-state index in [0.717, 1.165) is 19.3 Å². The Morgan fingerprint density at radius 3 is 2.83 bits per heavy atom. The minimum atomic E-state index is -0.0189. The second-order valence-electron chi connectivity index (χ2n) is 7.00. The lowest BCUT2D eigenvalue weighted by Crippen LogP contribution is -2.16. The Bertz CT molecular complexity index is 611. The molecule has 126 valence electrons. The molecule has 0 aliphatic heterocycles. The third kappa shape index (κ3) is 5.06. The van der Waals surface area contributed by atoms with E-state index >= 15 is 0 Å². The van der Waals surface area contributed by atoms with Gasteiger partial charge in [-0.05, 0) is 68.2 Å².